The van der Waals surface area contributed by atoms with Gasteiger partial charge in [0, 0.05) is 6.42 Å². The van der Waals surface area contributed by atoms with Crippen LogP contribution in [0, 0.1) is 11.8 Å². The predicted octanol–water partition coefficient (Wildman–Crippen LogP) is 5.18. The first-order valence-corrected chi connectivity index (χ1v) is 9.66. The summed E-state index contributed by atoms with van der Waals surface area (Å²) in [6, 6.07) is 0. The van der Waals surface area contributed by atoms with Gasteiger partial charge in [0.25, 0.3) is 0 Å². The molecular weight excluding hydrogens is 287 g/mol. The number of phosphoric acid groups is 1. The Balaban J connectivity index is 2.08. The van der Waals surface area contributed by atoms with Crippen molar-refractivity contribution in [1.82, 2.24) is 0 Å². The molecule has 0 radical (unpaired) electrons. The monoisotopic (exact) mass is 316 g/mol. The predicted molar refractivity (Wildman–Crippen MR) is 83.7 cm³/mol. The van der Waals surface area contributed by atoms with Crippen molar-refractivity contribution in [3.05, 3.63) is 11.3 Å². The highest BCUT2D eigenvalue weighted by Gasteiger charge is 2.42. The second-order valence-corrected chi connectivity index (χ2v) is 8.31. The van der Waals surface area contributed by atoms with Gasteiger partial charge in [-0.25, -0.2) is 4.57 Å². The Morgan fingerprint density at radius 1 is 1.24 bits per heavy atom. The first-order chi connectivity index (χ1) is 9.73. The maximum atomic E-state index is 12.4. The minimum absolute atomic E-state index is 0.274. The van der Waals surface area contributed by atoms with Gasteiger partial charge in [0.1, 0.15) is 5.76 Å². The lowest BCUT2D eigenvalue weighted by atomic mass is 9.78. The summed E-state index contributed by atoms with van der Waals surface area (Å²) < 4.78 is 23.5. The highest BCUT2D eigenvalue weighted by Crippen LogP contribution is 2.55. The molecule has 0 aromatic heterocycles. The maximum Gasteiger partial charge on any atom is 0.527 e. The van der Waals surface area contributed by atoms with E-state index >= 15 is 0 Å². The van der Waals surface area contributed by atoms with Gasteiger partial charge >= 0.3 is 7.82 Å². The summed E-state index contributed by atoms with van der Waals surface area (Å²) in [6.45, 7) is 8.15. The van der Waals surface area contributed by atoms with E-state index in [1.165, 1.54) is 6.42 Å². The first kappa shape index (κ1) is 17.1. The Bertz CT molecular complexity index is 459. The number of allylic oxidation sites excluding steroid dienone is 2. The molecule has 1 saturated carbocycles. The molecular formula is C16H29O4P. The van der Waals surface area contributed by atoms with Gasteiger partial charge in [0.05, 0.1) is 5.60 Å². The zero-order valence-electron chi connectivity index (χ0n) is 13.7. The average molecular weight is 316 g/mol. The molecule has 4 atom stereocenters. The number of rotatable bonds is 4. The number of hydrogen-bond donors (Lipinski definition) is 1. The summed E-state index contributed by atoms with van der Waals surface area (Å²) in [4.78, 5) is 10.2. The van der Waals surface area contributed by atoms with E-state index in [1.807, 2.05) is 13.8 Å². The smallest absolute Gasteiger partial charge is 0.409 e. The molecule has 0 heterocycles. The summed E-state index contributed by atoms with van der Waals surface area (Å²) in [5.74, 6) is 1.35. The number of phosphoric ester groups is 1. The molecule has 122 valence electrons. The van der Waals surface area contributed by atoms with Crippen molar-refractivity contribution in [2.45, 2.75) is 78.2 Å². The fraction of sp³-hybridized carbons (Fsp3) is 0.875. The highest BCUT2D eigenvalue weighted by molar-refractivity contribution is 7.47. The zero-order chi connectivity index (χ0) is 15.7. The molecule has 21 heavy (non-hydrogen) atoms. The van der Waals surface area contributed by atoms with Crippen molar-refractivity contribution >= 4 is 7.82 Å². The Morgan fingerprint density at radius 3 is 2.62 bits per heavy atom. The van der Waals surface area contributed by atoms with Gasteiger partial charge in [-0.1, -0.05) is 26.7 Å². The minimum Gasteiger partial charge on any atom is -0.409 e. The highest BCUT2D eigenvalue weighted by atomic mass is 31.2. The molecule has 2 aliphatic rings. The molecule has 0 aliphatic heterocycles. The van der Waals surface area contributed by atoms with Crippen molar-refractivity contribution in [1.29, 1.82) is 0 Å². The lowest BCUT2D eigenvalue weighted by Crippen LogP contribution is -2.38. The Morgan fingerprint density at radius 2 is 1.95 bits per heavy atom. The van der Waals surface area contributed by atoms with Crippen LogP contribution in [-0.2, 0) is 13.6 Å². The molecule has 0 amide bonds. The number of hydrogen-bond acceptors (Lipinski definition) is 3. The Labute approximate surface area is 128 Å². The summed E-state index contributed by atoms with van der Waals surface area (Å²) in [7, 11) is -4.05. The van der Waals surface area contributed by atoms with Gasteiger partial charge in [0.15, 0.2) is 0 Å². The molecule has 2 aliphatic carbocycles. The van der Waals surface area contributed by atoms with E-state index in [4.69, 9.17) is 9.05 Å². The third kappa shape index (κ3) is 4.12. The molecule has 0 saturated heterocycles. The second kappa shape index (κ2) is 6.44. The van der Waals surface area contributed by atoms with Crippen LogP contribution in [0.1, 0.15) is 72.6 Å². The van der Waals surface area contributed by atoms with Gasteiger partial charge in [-0.15, -0.1) is 0 Å². The van der Waals surface area contributed by atoms with Gasteiger partial charge in [0.2, 0.25) is 0 Å². The van der Waals surface area contributed by atoms with E-state index in [9.17, 15) is 9.46 Å². The van der Waals surface area contributed by atoms with Gasteiger partial charge in [-0.05, 0) is 56.9 Å². The minimum atomic E-state index is -4.05. The molecule has 0 aromatic rings. The molecule has 4 unspecified atom stereocenters. The van der Waals surface area contributed by atoms with E-state index in [0.29, 0.717) is 11.7 Å². The molecule has 2 rings (SSSR count). The third-order valence-electron chi connectivity index (χ3n) is 5.37. The van der Waals surface area contributed by atoms with Crippen LogP contribution in [0.4, 0.5) is 0 Å². The molecule has 0 aromatic carbocycles. The molecule has 0 spiro atoms. The van der Waals surface area contributed by atoms with Crippen molar-refractivity contribution in [2.24, 2.45) is 11.8 Å². The van der Waals surface area contributed by atoms with Gasteiger partial charge < -0.3 is 4.52 Å². The van der Waals surface area contributed by atoms with Crippen LogP contribution >= 0.6 is 7.82 Å². The molecule has 1 fully saturated rings. The van der Waals surface area contributed by atoms with Crippen molar-refractivity contribution in [3.8, 4) is 0 Å². The van der Waals surface area contributed by atoms with E-state index < -0.39 is 13.4 Å². The largest absolute Gasteiger partial charge is 0.527 e. The lowest BCUT2D eigenvalue weighted by molar-refractivity contribution is -0.0254. The van der Waals surface area contributed by atoms with Gasteiger partial charge in [-0.2, -0.15) is 0 Å². The van der Waals surface area contributed by atoms with Crippen molar-refractivity contribution in [3.63, 3.8) is 0 Å². The van der Waals surface area contributed by atoms with Crippen LogP contribution in [0.25, 0.3) is 0 Å². The van der Waals surface area contributed by atoms with E-state index in [-0.39, 0.29) is 5.92 Å². The zero-order valence-corrected chi connectivity index (χ0v) is 14.6. The Hall–Kier alpha value is -0.310. The fourth-order valence-corrected chi connectivity index (χ4v) is 4.76. The van der Waals surface area contributed by atoms with Crippen LogP contribution in [-0.4, -0.2) is 10.5 Å². The summed E-state index contributed by atoms with van der Waals surface area (Å²) in [5, 5.41) is 0. The molecule has 1 N–H and O–H groups in total. The maximum absolute atomic E-state index is 12.4. The topological polar surface area (TPSA) is 55.8 Å². The van der Waals surface area contributed by atoms with Crippen LogP contribution in [0.2, 0.25) is 0 Å². The van der Waals surface area contributed by atoms with Crippen molar-refractivity contribution < 1.29 is 18.5 Å². The standard InChI is InChI=1S/C16H29O4P/c1-12-8-7-10-15(14(12)3)19-21(17,18)20-16(4)11-6-5-9-13(16)2/h12-13H,5-11H2,1-4H3,(H,17,18). The summed E-state index contributed by atoms with van der Waals surface area (Å²) in [6.07, 6.45) is 6.91. The van der Waals surface area contributed by atoms with E-state index in [2.05, 4.69) is 13.8 Å². The van der Waals surface area contributed by atoms with Crippen LogP contribution in [0.3, 0.4) is 0 Å². The Kier molecular flexibility index (Phi) is 5.23. The molecule has 5 heteroatoms. The summed E-state index contributed by atoms with van der Waals surface area (Å²) >= 11 is 0. The second-order valence-electron chi connectivity index (χ2n) is 7.01. The van der Waals surface area contributed by atoms with E-state index in [1.54, 1.807) is 0 Å². The van der Waals surface area contributed by atoms with Crippen LogP contribution < -0.4 is 0 Å². The van der Waals surface area contributed by atoms with Crippen LogP contribution in [0.5, 0.6) is 0 Å². The SMILES string of the molecule is CC1=C(OP(=O)(O)OC2(C)CCCCC2C)CCCC1C. The quantitative estimate of drug-likeness (QED) is 0.726. The fourth-order valence-electron chi connectivity index (χ4n) is 3.41. The first-order valence-electron chi connectivity index (χ1n) is 8.16. The third-order valence-corrected chi connectivity index (χ3v) is 6.47. The van der Waals surface area contributed by atoms with Gasteiger partial charge in [-0.3, -0.25) is 9.42 Å². The molecule has 4 nitrogen and oxygen atoms in total. The van der Waals surface area contributed by atoms with E-state index in [0.717, 1.165) is 44.1 Å². The van der Waals surface area contributed by atoms with Crippen molar-refractivity contribution in [2.75, 3.05) is 0 Å². The molecule has 0 bridgehead atoms. The summed E-state index contributed by atoms with van der Waals surface area (Å²) in [5.41, 5.74) is 0.526. The average Bonchev–Trinajstić information content (AvgIpc) is 2.38. The lowest BCUT2D eigenvalue weighted by Gasteiger charge is -2.40. The normalized spacial score (nSPS) is 37.2. The van der Waals surface area contributed by atoms with Crippen LogP contribution in [0.15, 0.2) is 11.3 Å².